The van der Waals surface area contributed by atoms with Gasteiger partial charge in [-0.3, -0.25) is 0 Å². The second-order valence-corrected chi connectivity index (χ2v) is 12.7. The summed E-state index contributed by atoms with van der Waals surface area (Å²) < 4.78 is 1.53. The number of rotatable bonds is 8. The van der Waals surface area contributed by atoms with E-state index in [1.54, 1.807) is 103 Å². The summed E-state index contributed by atoms with van der Waals surface area (Å²) in [7, 11) is 0. The molecule has 5 saturated heterocycles. The average Bonchev–Trinajstić information content (AvgIpc) is 2.74. The van der Waals surface area contributed by atoms with E-state index in [4.69, 9.17) is 0 Å². The number of hydrogen-bond donors (Lipinski definition) is 0. The molecule has 0 N–H and O–H groups in total. The molecule has 5 fully saturated rings. The van der Waals surface area contributed by atoms with Crippen molar-refractivity contribution in [2.45, 2.75) is 145 Å². The Morgan fingerprint density at radius 3 is 1.19 bits per heavy atom. The lowest BCUT2D eigenvalue weighted by atomic mass is 9.26. The van der Waals surface area contributed by atoms with Gasteiger partial charge in [-0.1, -0.05) is 113 Å². The van der Waals surface area contributed by atoms with E-state index in [1.807, 2.05) is 0 Å². The molecule has 0 saturated carbocycles. The second-order valence-electron chi connectivity index (χ2n) is 12.7. The first-order valence-electron chi connectivity index (χ1n) is 14.7. The molecule has 5 aliphatic rings. The number of hydrogen-bond acceptors (Lipinski definition) is 0. The van der Waals surface area contributed by atoms with Gasteiger partial charge in [0.25, 0.3) is 0 Å². The first-order valence-corrected chi connectivity index (χ1v) is 14.7. The van der Waals surface area contributed by atoms with E-state index in [0.29, 0.717) is 0 Å². The SMILES string of the molecule is C1CC[N+](CCCB2C3CCCC2CCC3)(CCCB2C3CCCC2CCC3)CC1.[Br-]. The predicted molar refractivity (Wildman–Crippen MR) is 134 cm³/mol. The summed E-state index contributed by atoms with van der Waals surface area (Å²) in [5.41, 5.74) is 0. The zero-order valence-corrected chi connectivity index (χ0v) is 22.1. The minimum Gasteiger partial charge on any atom is -1.00 e. The Kier molecular flexibility index (Phi) is 9.41. The Bertz CT molecular complexity index is 453. The highest BCUT2D eigenvalue weighted by molar-refractivity contribution is 6.63. The third kappa shape index (κ3) is 5.98. The number of halogens is 1. The van der Waals surface area contributed by atoms with Gasteiger partial charge in [-0.2, -0.15) is 0 Å². The lowest BCUT2D eigenvalue weighted by molar-refractivity contribution is -0.932. The van der Waals surface area contributed by atoms with Crippen LogP contribution in [0.5, 0.6) is 0 Å². The van der Waals surface area contributed by atoms with Crippen molar-refractivity contribution in [3.05, 3.63) is 0 Å². The normalized spacial score (nSPS) is 34.8. The molecular formula is C27H50B2BrN. The molecule has 0 aromatic heterocycles. The van der Waals surface area contributed by atoms with Crippen LogP contribution in [0.15, 0.2) is 0 Å². The molecule has 5 heterocycles. The van der Waals surface area contributed by atoms with E-state index < -0.39 is 0 Å². The van der Waals surface area contributed by atoms with Crippen LogP contribution >= 0.6 is 0 Å². The molecule has 0 aliphatic carbocycles. The lowest BCUT2D eigenvalue weighted by Crippen LogP contribution is -3.00. The van der Waals surface area contributed by atoms with Crippen LogP contribution < -0.4 is 17.0 Å². The molecular weight excluding hydrogens is 440 g/mol. The van der Waals surface area contributed by atoms with Crippen LogP contribution in [0.2, 0.25) is 35.9 Å². The van der Waals surface area contributed by atoms with Crippen molar-refractivity contribution in [1.82, 2.24) is 0 Å². The Balaban J connectivity index is 0.00000231. The Morgan fingerprint density at radius 1 is 0.484 bits per heavy atom. The summed E-state index contributed by atoms with van der Waals surface area (Å²) in [6.07, 6.45) is 29.6. The minimum absolute atomic E-state index is 0. The van der Waals surface area contributed by atoms with E-state index in [2.05, 4.69) is 0 Å². The molecule has 0 spiro atoms. The maximum atomic E-state index is 1.59. The smallest absolute Gasteiger partial charge is 0.146 e. The van der Waals surface area contributed by atoms with Crippen molar-refractivity contribution in [2.24, 2.45) is 0 Å². The standard InChI is InChI=1S/C27H50B2N.BrH/c1-2-20-30(21-3-1,22-8-18-28-24-10-4-11-25(28)13-5-12-24)23-9-19-29-26-14-6-15-27(29)17-7-16-26;/h24-27H,1-23H2;1H/q+1;/p-1. The maximum Gasteiger partial charge on any atom is 0.146 e. The van der Waals surface area contributed by atoms with Crippen molar-refractivity contribution in [2.75, 3.05) is 26.2 Å². The number of quaternary nitrogens is 1. The van der Waals surface area contributed by atoms with E-state index in [0.717, 1.165) is 36.7 Å². The highest BCUT2D eigenvalue weighted by Crippen LogP contribution is 2.49. The summed E-state index contributed by atoms with van der Waals surface area (Å²) in [5, 5.41) is 0. The van der Waals surface area contributed by atoms with Crippen LogP contribution in [0, 0.1) is 0 Å². The third-order valence-corrected chi connectivity index (χ3v) is 11.1. The van der Waals surface area contributed by atoms with Crippen LogP contribution in [-0.2, 0) is 0 Å². The fraction of sp³-hybridized carbons (Fsp3) is 1.00. The summed E-state index contributed by atoms with van der Waals surface area (Å²) in [5.74, 6) is 4.49. The van der Waals surface area contributed by atoms with Gasteiger partial charge in [0, 0.05) is 0 Å². The van der Waals surface area contributed by atoms with E-state index >= 15 is 0 Å². The van der Waals surface area contributed by atoms with Crippen molar-refractivity contribution >= 4 is 13.4 Å². The summed E-state index contributed by atoms with van der Waals surface area (Å²) in [4.78, 5) is 0. The van der Waals surface area contributed by atoms with E-state index in [9.17, 15) is 0 Å². The molecule has 5 aliphatic heterocycles. The quantitative estimate of drug-likeness (QED) is 0.333. The zero-order valence-electron chi connectivity index (χ0n) is 20.6. The lowest BCUT2D eigenvalue weighted by Gasteiger charge is -2.45. The zero-order chi connectivity index (χ0) is 20.2. The average molecular weight is 490 g/mol. The summed E-state index contributed by atoms with van der Waals surface area (Å²) >= 11 is 0. The maximum absolute atomic E-state index is 1.59. The molecule has 0 unspecified atom stereocenters. The molecule has 5 rings (SSSR count). The predicted octanol–water partition coefficient (Wildman–Crippen LogP) is 4.98. The van der Waals surface area contributed by atoms with Crippen LogP contribution in [0.1, 0.15) is 109 Å². The molecule has 0 atom stereocenters. The molecule has 4 bridgehead atoms. The van der Waals surface area contributed by atoms with E-state index in [1.165, 1.54) is 49.9 Å². The van der Waals surface area contributed by atoms with Crippen molar-refractivity contribution < 1.29 is 21.5 Å². The highest BCUT2D eigenvalue weighted by Gasteiger charge is 2.41. The van der Waals surface area contributed by atoms with Crippen molar-refractivity contribution in [3.63, 3.8) is 0 Å². The van der Waals surface area contributed by atoms with Crippen molar-refractivity contribution in [3.8, 4) is 0 Å². The van der Waals surface area contributed by atoms with Crippen molar-refractivity contribution in [1.29, 1.82) is 0 Å². The molecule has 0 amide bonds. The van der Waals surface area contributed by atoms with Gasteiger partial charge >= 0.3 is 0 Å². The van der Waals surface area contributed by atoms with Gasteiger partial charge in [0.05, 0.1) is 26.2 Å². The van der Waals surface area contributed by atoms with E-state index in [-0.39, 0.29) is 17.0 Å². The highest BCUT2D eigenvalue weighted by atomic mass is 79.9. The number of likely N-dealkylation sites (tertiary alicyclic amines) is 1. The molecule has 176 valence electrons. The molecule has 31 heavy (non-hydrogen) atoms. The Labute approximate surface area is 205 Å². The van der Waals surface area contributed by atoms with Crippen LogP contribution in [-0.4, -0.2) is 44.1 Å². The fourth-order valence-electron chi connectivity index (χ4n) is 9.64. The molecule has 4 heteroatoms. The molecule has 0 aromatic carbocycles. The summed E-state index contributed by atoms with van der Waals surface area (Å²) in [6, 6.07) is 0. The van der Waals surface area contributed by atoms with Crippen LogP contribution in [0.4, 0.5) is 0 Å². The topological polar surface area (TPSA) is 0 Å². The minimum atomic E-state index is 0. The number of nitrogens with zero attached hydrogens (tertiary/aromatic N) is 1. The summed E-state index contributed by atoms with van der Waals surface area (Å²) in [6.45, 7) is 8.36. The molecule has 0 radical (unpaired) electrons. The number of piperidine rings is 1. The first-order chi connectivity index (χ1) is 14.8. The van der Waals surface area contributed by atoms with Gasteiger partial charge in [0.15, 0.2) is 0 Å². The monoisotopic (exact) mass is 489 g/mol. The largest absolute Gasteiger partial charge is 1.00 e. The Hall–Kier alpha value is 0.570. The first kappa shape index (κ1) is 24.7. The second kappa shape index (κ2) is 11.8. The van der Waals surface area contributed by atoms with Gasteiger partial charge in [-0.25, -0.2) is 0 Å². The van der Waals surface area contributed by atoms with Gasteiger partial charge in [0.1, 0.15) is 13.4 Å². The van der Waals surface area contributed by atoms with Crippen LogP contribution in [0.3, 0.4) is 0 Å². The van der Waals surface area contributed by atoms with Gasteiger partial charge in [-0.05, 0) is 32.1 Å². The molecule has 1 nitrogen and oxygen atoms in total. The fourth-order valence-corrected chi connectivity index (χ4v) is 9.64. The molecule has 0 aromatic rings. The number of fused-ring (bicyclic) bond motifs is 4. The third-order valence-electron chi connectivity index (χ3n) is 11.1. The van der Waals surface area contributed by atoms with Gasteiger partial charge in [0.2, 0.25) is 0 Å². The van der Waals surface area contributed by atoms with Gasteiger partial charge < -0.3 is 21.5 Å². The van der Waals surface area contributed by atoms with Crippen LogP contribution in [0.25, 0.3) is 0 Å². The van der Waals surface area contributed by atoms with Gasteiger partial charge in [-0.15, -0.1) is 0 Å². The Morgan fingerprint density at radius 2 is 0.839 bits per heavy atom.